The zero-order valence-electron chi connectivity index (χ0n) is 12.8. The van der Waals surface area contributed by atoms with Gasteiger partial charge in [-0.1, -0.05) is 6.07 Å². The molecule has 2 heterocycles. The van der Waals surface area contributed by atoms with Gasteiger partial charge in [0.1, 0.15) is 5.75 Å². The Morgan fingerprint density at radius 2 is 2.35 bits per heavy atom. The Hall–Kier alpha value is -1.63. The molecule has 3 rings (SSSR count). The average Bonchev–Trinajstić information content (AvgIpc) is 3.16. The van der Waals surface area contributed by atoms with Gasteiger partial charge in [-0.05, 0) is 44.0 Å². The van der Waals surface area contributed by atoms with E-state index in [1.54, 1.807) is 11.6 Å². The van der Waals surface area contributed by atoms with Crippen molar-refractivity contribution in [3.05, 3.63) is 35.0 Å². The minimum Gasteiger partial charge on any atom is -0.507 e. The van der Waals surface area contributed by atoms with Gasteiger partial charge in [0.25, 0.3) is 0 Å². The summed E-state index contributed by atoms with van der Waals surface area (Å²) in [5, 5.41) is 16.3. The Morgan fingerprint density at radius 1 is 1.52 bits per heavy atom. The first kappa shape index (κ1) is 17.7. The molecule has 1 amide bonds. The second-order valence-corrected chi connectivity index (χ2v) is 6.34. The summed E-state index contributed by atoms with van der Waals surface area (Å²) in [5.41, 5.74) is 4.35. The normalized spacial score (nSPS) is 16.8. The molecule has 1 fully saturated rings. The molecule has 0 saturated carbocycles. The lowest BCUT2D eigenvalue weighted by molar-refractivity contribution is -0.122. The first-order valence-electron chi connectivity index (χ1n) is 7.38. The molecule has 1 atom stereocenters. The average molecular weight is 354 g/mol. The third-order valence-corrected chi connectivity index (χ3v) is 4.86. The van der Waals surface area contributed by atoms with Crippen molar-refractivity contribution < 1.29 is 9.90 Å². The number of aryl methyl sites for hydroxylation is 1. The van der Waals surface area contributed by atoms with Gasteiger partial charge in [0.15, 0.2) is 0 Å². The minimum absolute atomic E-state index is 0. The van der Waals surface area contributed by atoms with E-state index in [-0.39, 0.29) is 30.1 Å². The highest BCUT2D eigenvalue weighted by atomic mass is 35.5. The third-order valence-electron chi connectivity index (χ3n) is 3.90. The fraction of sp³-hybridized carbons (Fsp3) is 0.375. The van der Waals surface area contributed by atoms with Crippen LogP contribution in [0.15, 0.2) is 23.7 Å². The Bertz CT molecular complexity index is 684. The van der Waals surface area contributed by atoms with Gasteiger partial charge in [0.05, 0.1) is 22.1 Å². The summed E-state index contributed by atoms with van der Waals surface area (Å²) in [6.07, 6.45) is 1.93. The van der Waals surface area contributed by atoms with Crippen molar-refractivity contribution >= 4 is 29.7 Å². The molecule has 1 unspecified atom stereocenters. The van der Waals surface area contributed by atoms with E-state index >= 15 is 0 Å². The molecule has 0 radical (unpaired) electrons. The third kappa shape index (κ3) is 4.02. The van der Waals surface area contributed by atoms with Crippen LogP contribution in [0.4, 0.5) is 0 Å². The lowest BCUT2D eigenvalue weighted by Crippen LogP contribution is -2.39. The van der Waals surface area contributed by atoms with E-state index in [0.29, 0.717) is 6.54 Å². The number of thiazole rings is 1. The second-order valence-electron chi connectivity index (χ2n) is 5.49. The fourth-order valence-corrected chi connectivity index (χ4v) is 3.50. The van der Waals surface area contributed by atoms with E-state index in [9.17, 15) is 9.90 Å². The van der Waals surface area contributed by atoms with Gasteiger partial charge in [0.2, 0.25) is 5.91 Å². The molecular formula is C16H20ClN3O2S. The number of aromatic hydroxyl groups is 1. The van der Waals surface area contributed by atoms with Gasteiger partial charge in [-0.2, -0.15) is 0 Å². The first-order chi connectivity index (χ1) is 10.6. The van der Waals surface area contributed by atoms with Gasteiger partial charge in [0, 0.05) is 12.1 Å². The van der Waals surface area contributed by atoms with Gasteiger partial charge in [-0.3, -0.25) is 4.79 Å². The number of carbonyl (C=O) groups excluding carboxylic acids is 1. The summed E-state index contributed by atoms with van der Waals surface area (Å²) in [6.45, 7) is 3.25. The first-order valence-corrected chi connectivity index (χ1v) is 8.26. The number of nitrogens with one attached hydrogen (secondary N) is 2. The quantitative estimate of drug-likeness (QED) is 0.790. The molecule has 124 valence electrons. The number of carbonyl (C=O) groups is 1. The molecule has 0 bridgehead atoms. The Balaban J connectivity index is 0.00000192. The largest absolute Gasteiger partial charge is 0.507 e. The Morgan fingerprint density at radius 3 is 2.96 bits per heavy atom. The summed E-state index contributed by atoms with van der Waals surface area (Å²) < 4.78 is 0. The van der Waals surface area contributed by atoms with E-state index in [4.69, 9.17) is 0 Å². The zero-order chi connectivity index (χ0) is 15.5. The van der Waals surface area contributed by atoms with E-state index in [1.807, 2.05) is 19.1 Å². The van der Waals surface area contributed by atoms with Crippen LogP contribution in [0.2, 0.25) is 0 Å². The van der Waals surface area contributed by atoms with Crippen LogP contribution in [0.5, 0.6) is 5.75 Å². The highest BCUT2D eigenvalue weighted by molar-refractivity contribution is 7.13. The van der Waals surface area contributed by atoms with Crippen LogP contribution in [0.1, 0.15) is 24.1 Å². The van der Waals surface area contributed by atoms with Crippen molar-refractivity contribution in [2.45, 2.75) is 32.4 Å². The highest BCUT2D eigenvalue weighted by Crippen LogP contribution is 2.34. The molecule has 1 aromatic heterocycles. The summed E-state index contributed by atoms with van der Waals surface area (Å²) in [7, 11) is 0. The van der Waals surface area contributed by atoms with Crippen LogP contribution in [-0.2, 0) is 11.3 Å². The van der Waals surface area contributed by atoms with Crippen molar-refractivity contribution in [1.29, 1.82) is 0 Å². The molecule has 2 aromatic rings. The molecule has 23 heavy (non-hydrogen) atoms. The van der Waals surface area contributed by atoms with Gasteiger partial charge in [-0.15, -0.1) is 23.7 Å². The molecule has 0 spiro atoms. The van der Waals surface area contributed by atoms with E-state index < -0.39 is 0 Å². The molecule has 1 saturated heterocycles. The fourth-order valence-electron chi connectivity index (χ4n) is 2.66. The number of rotatable bonds is 4. The number of phenolic OH excluding ortho intramolecular Hbond substituents is 1. The number of benzene rings is 1. The standard InChI is InChI=1S/C16H19N3O2S.ClH/c1-10-15(22-9-19-10)12-5-4-11(7-14(12)20)8-18-16(21)13-3-2-6-17-13;/h4-5,7,9,13,17,20H,2-3,6,8H2,1H3,(H,18,21);1H. The van der Waals surface area contributed by atoms with Crippen molar-refractivity contribution in [3.8, 4) is 16.2 Å². The van der Waals surface area contributed by atoms with E-state index in [1.165, 1.54) is 11.3 Å². The van der Waals surface area contributed by atoms with Crippen LogP contribution in [-0.4, -0.2) is 28.6 Å². The van der Waals surface area contributed by atoms with Gasteiger partial charge in [-0.25, -0.2) is 4.98 Å². The Labute approximate surface area is 145 Å². The van der Waals surface area contributed by atoms with Crippen LogP contribution >= 0.6 is 23.7 Å². The summed E-state index contributed by atoms with van der Waals surface area (Å²) in [6, 6.07) is 5.44. The topological polar surface area (TPSA) is 74.2 Å². The number of hydrogen-bond acceptors (Lipinski definition) is 5. The molecule has 7 heteroatoms. The lowest BCUT2D eigenvalue weighted by Gasteiger charge is -2.12. The van der Waals surface area contributed by atoms with Crippen LogP contribution in [0.3, 0.4) is 0 Å². The SMILES string of the molecule is Cc1ncsc1-c1ccc(CNC(=O)C2CCCN2)cc1O.Cl. The van der Waals surface area contributed by atoms with E-state index in [0.717, 1.165) is 41.1 Å². The number of halogens is 1. The van der Waals surface area contributed by atoms with Crippen molar-refractivity contribution in [2.75, 3.05) is 6.54 Å². The van der Waals surface area contributed by atoms with Crippen LogP contribution in [0, 0.1) is 6.92 Å². The predicted molar refractivity (Wildman–Crippen MR) is 94.1 cm³/mol. The molecular weight excluding hydrogens is 334 g/mol. The van der Waals surface area contributed by atoms with Crippen molar-refractivity contribution in [2.24, 2.45) is 0 Å². The number of nitrogens with zero attached hydrogens (tertiary/aromatic N) is 1. The van der Waals surface area contributed by atoms with Crippen LogP contribution in [0.25, 0.3) is 10.4 Å². The number of phenols is 1. The molecule has 3 N–H and O–H groups in total. The monoisotopic (exact) mass is 353 g/mol. The highest BCUT2D eigenvalue weighted by Gasteiger charge is 2.21. The second kappa shape index (κ2) is 7.77. The maximum Gasteiger partial charge on any atom is 0.237 e. The Kier molecular flexibility index (Phi) is 5.98. The zero-order valence-corrected chi connectivity index (χ0v) is 14.5. The number of amides is 1. The molecule has 1 aliphatic rings. The van der Waals surface area contributed by atoms with Crippen molar-refractivity contribution in [1.82, 2.24) is 15.6 Å². The molecule has 1 aromatic carbocycles. The smallest absolute Gasteiger partial charge is 0.237 e. The molecule has 1 aliphatic heterocycles. The maximum atomic E-state index is 12.0. The van der Waals surface area contributed by atoms with Crippen LogP contribution < -0.4 is 10.6 Å². The molecule has 0 aliphatic carbocycles. The van der Waals surface area contributed by atoms with E-state index in [2.05, 4.69) is 15.6 Å². The van der Waals surface area contributed by atoms with Crippen molar-refractivity contribution in [3.63, 3.8) is 0 Å². The number of hydrogen-bond donors (Lipinski definition) is 3. The lowest BCUT2D eigenvalue weighted by atomic mass is 10.1. The summed E-state index contributed by atoms with van der Waals surface area (Å²) in [4.78, 5) is 17.1. The minimum atomic E-state index is -0.0762. The number of aromatic nitrogens is 1. The van der Waals surface area contributed by atoms with Gasteiger partial charge >= 0.3 is 0 Å². The predicted octanol–water partition coefficient (Wildman–Crippen LogP) is 2.61. The summed E-state index contributed by atoms with van der Waals surface area (Å²) in [5.74, 6) is 0.248. The summed E-state index contributed by atoms with van der Waals surface area (Å²) >= 11 is 1.51. The molecule has 5 nitrogen and oxygen atoms in total. The van der Waals surface area contributed by atoms with Gasteiger partial charge < -0.3 is 15.7 Å². The maximum absolute atomic E-state index is 12.0.